The van der Waals surface area contributed by atoms with E-state index in [2.05, 4.69) is 5.32 Å². The van der Waals surface area contributed by atoms with Crippen molar-refractivity contribution in [2.45, 2.75) is 45.3 Å². The molecule has 0 radical (unpaired) electrons. The number of rotatable bonds is 10. The zero-order chi connectivity index (χ0) is 14.7. The third kappa shape index (κ3) is 10.8. The molecule has 7 heteroatoms. The lowest BCUT2D eigenvalue weighted by atomic mass is 10.2. The first-order chi connectivity index (χ1) is 8.90. The fourth-order valence-corrected chi connectivity index (χ4v) is 1.47. The number of nitrogens with one attached hydrogen (secondary N) is 1. The molecule has 0 aliphatic rings. The molecule has 0 aliphatic heterocycles. The van der Waals surface area contributed by atoms with Crippen LogP contribution in [0.2, 0.25) is 0 Å². The number of alkyl halides is 3. The van der Waals surface area contributed by atoms with E-state index in [-0.39, 0.29) is 25.6 Å². The zero-order valence-electron chi connectivity index (χ0n) is 11.4. The van der Waals surface area contributed by atoms with Crippen molar-refractivity contribution in [1.29, 1.82) is 0 Å². The monoisotopic (exact) mass is 285 g/mol. The Hall–Kier alpha value is -0.820. The van der Waals surface area contributed by atoms with E-state index < -0.39 is 18.6 Å². The summed E-state index contributed by atoms with van der Waals surface area (Å²) < 4.78 is 45.5. The maximum atomic E-state index is 11.9. The van der Waals surface area contributed by atoms with E-state index in [1.54, 1.807) is 6.92 Å². The first kappa shape index (κ1) is 18.2. The molecule has 0 aromatic heterocycles. The van der Waals surface area contributed by atoms with Crippen LogP contribution in [-0.2, 0) is 14.3 Å². The maximum Gasteiger partial charge on any atom is 0.389 e. The molecule has 0 heterocycles. The van der Waals surface area contributed by atoms with Crippen LogP contribution in [-0.4, -0.2) is 44.6 Å². The highest BCUT2D eigenvalue weighted by Crippen LogP contribution is 2.20. The van der Waals surface area contributed by atoms with Gasteiger partial charge in [-0.05, 0) is 26.3 Å². The fraction of sp³-hybridized carbons (Fsp3) is 0.917. The summed E-state index contributed by atoms with van der Waals surface area (Å²) in [4.78, 5) is 11.5. The SMILES string of the molecule is CCNC(CCOCCCC(F)(F)F)C(=O)OCC. The van der Waals surface area contributed by atoms with Crippen LogP contribution in [0.4, 0.5) is 13.2 Å². The van der Waals surface area contributed by atoms with Crippen molar-refractivity contribution in [3.05, 3.63) is 0 Å². The van der Waals surface area contributed by atoms with Crippen molar-refractivity contribution in [2.24, 2.45) is 0 Å². The molecule has 1 atom stereocenters. The van der Waals surface area contributed by atoms with Crippen LogP contribution in [0, 0.1) is 0 Å². The summed E-state index contributed by atoms with van der Waals surface area (Å²) in [6, 6.07) is -0.465. The van der Waals surface area contributed by atoms with E-state index in [9.17, 15) is 18.0 Å². The Kier molecular flexibility index (Phi) is 9.59. The van der Waals surface area contributed by atoms with Gasteiger partial charge in [-0.1, -0.05) is 6.92 Å². The van der Waals surface area contributed by atoms with Crippen molar-refractivity contribution in [3.63, 3.8) is 0 Å². The van der Waals surface area contributed by atoms with E-state index in [1.165, 1.54) is 0 Å². The average molecular weight is 285 g/mol. The molecule has 19 heavy (non-hydrogen) atoms. The van der Waals surface area contributed by atoms with Crippen molar-refractivity contribution in [2.75, 3.05) is 26.4 Å². The molecule has 114 valence electrons. The Morgan fingerprint density at radius 1 is 1.26 bits per heavy atom. The molecule has 0 bridgehead atoms. The fourth-order valence-electron chi connectivity index (χ4n) is 1.47. The van der Waals surface area contributed by atoms with Crippen LogP contribution in [0.15, 0.2) is 0 Å². The van der Waals surface area contributed by atoms with E-state index in [0.717, 1.165) is 0 Å². The second-order valence-electron chi connectivity index (χ2n) is 3.98. The highest BCUT2D eigenvalue weighted by atomic mass is 19.4. The smallest absolute Gasteiger partial charge is 0.389 e. The standard InChI is InChI=1S/C12H22F3NO3/c1-3-16-10(11(17)19-4-2)6-9-18-8-5-7-12(13,14)15/h10,16H,3-9H2,1-2H3. The van der Waals surface area contributed by atoms with Gasteiger partial charge < -0.3 is 14.8 Å². The topological polar surface area (TPSA) is 47.6 Å². The van der Waals surface area contributed by atoms with Crippen LogP contribution in [0.25, 0.3) is 0 Å². The Morgan fingerprint density at radius 2 is 1.95 bits per heavy atom. The molecule has 0 aliphatic carbocycles. The molecular formula is C12H22F3NO3. The average Bonchev–Trinajstić information content (AvgIpc) is 2.31. The second-order valence-corrected chi connectivity index (χ2v) is 3.98. The zero-order valence-corrected chi connectivity index (χ0v) is 11.4. The van der Waals surface area contributed by atoms with Gasteiger partial charge in [-0.15, -0.1) is 0 Å². The lowest BCUT2D eigenvalue weighted by Gasteiger charge is -2.16. The molecule has 0 saturated heterocycles. The first-order valence-corrected chi connectivity index (χ1v) is 6.45. The summed E-state index contributed by atoms with van der Waals surface area (Å²) in [5.41, 5.74) is 0. The van der Waals surface area contributed by atoms with Crippen LogP contribution >= 0.6 is 0 Å². The highest BCUT2D eigenvalue weighted by Gasteiger charge is 2.26. The molecule has 0 spiro atoms. The molecule has 1 unspecified atom stereocenters. The number of ether oxygens (including phenoxy) is 2. The van der Waals surface area contributed by atoms with E-state index >= 15 is 0 Å². The van der Waals surface area contributed by atoms with Gasteiger partial charge in [0.05, 0.1) is 6.61 Å². The van der Waals surface area contributed by atoms with Gasteiger partial charge in [0.2, 0.25) is 0 Å². The quantitative estimate of drug-likeness (QED) is 0.494. The van der Waals surface area contributed by atoms with Gasteiger partial charge in [-0.25, -0.2) is 0 Å². The van der Waals surface area contributed by atoms with Gasteiger partial charge in [0.25, 0.3) is 0 Å². The Labute approximate surface area is 111 Å². The number of carbonyl (C=O) groups is 1. The molecule has 0 aromatic rings. The Bertz CT molecular complexity index is 247. The molecule has 0 aromatic carbocycles. The van der Waals surface area contributed by atoms with Crippen LogP contribution in [0.3, 0.4) is 0 Å². The summed E-state index contributed by atoms with van der Waals surface area (Å²) in [7, 11) is 0. The molecule has 1 N–H and O–H groups in total. The van der Waals surface area contributed by atoms with Gasteiger partial charge in [0.15, 0.2) is 0 Å². The lowest BCUT2D eigenvalue weighted by Crippen LogP contribution is -2.38. The lowest BCUT2D eigenvalue weighted by molar-refractivity contribution is -0.146. The van der Waals surface area contributed by atoms with Gasteiger partial charge in [0, 0.05) is 19.6 Å². The Morgan fingerprint density at radius 3 is 2.47 bits per heavy atom. The van der Waals surface area contributed by atoms with Gasteiger partial charge in [0.1, 0.15) is 6.04 Å². The number of hydrogen-bond donors (Lipinski definition) is 1. The van der Waals surface area contributed by atoms with Crippen molar-refractivity contribution in [3.8, 4) is 0 Å². The molecule has 0 amide bonds. The largest absolute Gasteiger partial charge is 0.465 e. The predicted octanol–water partition coefficient (Wildman–Crippen LogP) is 2.28. The third-order valence-electron chi connectivity index (χ3n) is 2.32. The van der Waals surface area contributed by atoms with Crippen LogP contribution in [0.1, 0.15) is 33.1 Å². The molecule has 0 rings (SSSR count). The molecule has 0 fully saturated rings. The van der Waals surface area contributed by atoms with E-state index in [4.69, 9.17) is 9.47 Å². The van der Waals surface area contributed by atoms with Gasteiger partial charge in [-0.2, -0.15) is 13.2 Å². The highest BCUT2D eigenvalue weighted by molar-refractivity contribution is 5.75. The number of likely N-dealkylation sites (N-methyl/N-ethyl adjacent to an activating group) is 1. The number of carbonyl (C=O) groups excluding carboxylic acids is 1. The Balaban J connectivity index is 3.72. The summed E-state index contributed by atoms with van der Waals surface area (Å²) in [5, 5.41) is 2.95. The summed E-state index contributed by atoms with van der Waals surface area (Å²) in [6.07, 6.45) is -4.66. The number of esters is 1. The predicted molar refractivity (Wildman–Crippen MR) is 64.8 cm³/mol. The summed E-state index contributed by atoms with van der Waals surface area (Å²) in [5.74, 6) is -0.358. The minimum Gasteiger partial charge on any atom is -0.465 e. The number of halogens is 3. The summed E-state index contributed by atoms with van der Waals surface area (Å²) in [6.45, 7) is 4.76. The van der Waals surface area contributed by atoms with Gasteiger partial charge >= 0.3 is 12.1 Å². The minimum atomic E-state index is -4.14. The molecule has 4 nitrogen and oxygen atoms in total. The van der Waals surface area contributed by atoms with E-state index in [1.807, 2.05) is 6.92 Å². The van der Waals surface area contributed by atoms with Crippen molar-refractivity contribution < 1.29 is 27.4 Å². The van der Waals surface area contributed by atoms with Crippen molar-refractivity contribution >= 4 is 5.97 Å². The minimum absolute atomic E-state index is 0.0428. The normalized spacial score (nSPS) is 13.3. The maximum absolute atomic E-state index is 11.9. The van der Waals surface area contributed by atoms with Gasteiger partial charge in [-0.3, -0.25) is 4.79 Å². The number of hydrogen-bond acceptors (Lipinski definition) is 4. The second kappa shape index (κ2) is 10.0. The van der Waals surface area contributed by atoms with Crippen molar-refractivity contribution in [1.82, 2.24) is 5.32 Å². The summed E-state index contributed by atoms with van der Waals surface area (Å²) >= 11 is 0. The van der Waals surface area contributed by atoms with E-state index in [0.29, 0.717) is 19.6 Å². The molecular weight excluding hydrogens is 263 g/mol. The first-order valence-electron chi connectivity index (χ1n) is 6.45. The third-order valence-corrected chi connectivity index (χ3v) is 2.32. The van der Waals surface area contributed by atoms with Crippen LogP contribution < -0.4 is 5.32 Å². The van der Waals surface area contributed by atoms with Crippen LogP contribution in [0.5, 0.6) is 0 Å². The molecule has 0 saturated carbocycles.